The first-order valence-electron chi connectivity index (χ1n) is 7.85. The van der Waals surface area contributed by atoms with Crippen LogP contribution in [0.4, 0.5) is 11.5 Å². The molecule has 0 radical (unpaired) electrons. The van der Waals surface area contributed by atoms with E-state index in [2.05, 4.69) is 16.8 Å². The van der Waals surface area contributed by atoms with Crippen LogP contribution >= 0.6 is 0 Å². The van der Waals surface area contributed by atoms with Crippen molar-refractivity contribution < 1.29 is 4.79 Å². The quantitative estimate of drug-likeness (QED) is 0.902. The van der Waals surface area contributed by atoms with E-state index in [1.165, 1.54) is 12.8 Å². The van der Waals surface area contributed by atoms with E-state index < -0.39 is 0 Å². The number of nitrogens with two attached hydrogens (primary N) is 1. The third kappa shape index (κ3) is 2.69. The number of piperazine rings is 1. The molecule has 2 fully saturated rings. The summed E-state index contributed by atoms with van der Waals surface area (Å²) in [6.45, 7) is 5.28. The molecule has 5 heteroatoms. The molecule has 3 rings (SSSR count). The van der Waals surface area contributed by atoms with Gasteiger partial charge in [-0.2, -0.15) is 0 Å². The van der Waals surface area contributed by atoms with E-state index in [1.807, 2.05) is 17.0 Å². The summed E-state index contributed by atoms with van der Waals surface area (Å²) in [5, 5.41) is 0. The molecule has 21 heavy (non-hydrogen) atoms. The van der Waals surface area contributed by atoms with Crippen LogP contribution in [0.5, 0.6) is 0 Å². The summed E-state index contributed by atoms with van der Waals surface area (Å²) in [5.74, 6) is 1.19. The third-order valence-electron chi connectivity index (χ3n) is 4.91. The van der Waals surface area contributed by atoms with E-state index in [1.54, 1.807) is 6.20 Å². The lowest BCUT2D eigenvalue weighted by molar-refractivity contribution is -0.141. The number of nitrogens with zero attached hydrogens (tertiary/aromatic N) is 3. The van der Waals surface area contributed by atoms with Gasteiger partial charge in [0, 0.05) is 37.8 Å². The van der Waals surface area contributed by atoms with Gasteiger partial charge in [-0.25, -0.2) is 4.98 Å². The Kier molecular flexibility index (Phi) is 3.74. The van der Waals surface area contributed by atoms with Crippen LogP contribution in [0.1, 0.15) is 32.6 Å². The van der Waals surface area contributed by atoms with Gasteiger partial charge in [-0.3, -0.25) is 4.79 Å². The molecule has 1 saturated heterocycles. The van der Waals surface area contributed by atoms with Gasteiger partial charge in [-0.15, -0.1) is 0 Å². The summed E-state index contributed by atoms with van der Waals surface area (Å²) < 4.78 is 0. The maximum absolute atomic E-state index is 12.7. The lowest BCUT2D eigenvalue weighted by Crippen LogP contribution is -2.52. The highest BCUT2D eigenvalue weighted by Gasteiger charge is 2.39. The Morgan fingerprint density at radius 1 is 1.24 bits per heavy atom. The third-order valence-corrected chi connectivity index (χ3v) is 4.91. The van der Waals surface area contributed by atoms with Gasteiger partial charge < -0.3 is 15.5 Å². The van der Waals surface area contributed by atoms with Crippen molar-refractivity contribution in [2.45, 2.75) is 32.6 Å². The average Bonchev–Trinajstić information content (AvgIpc) is 2.95. The zero-order valence-corrected chi connectivity index (χ0v) is 12.7. The fourth-order valence-electron chi connectivity index (χ4n) is 3.55. The lowest BCUT2D eigenvalue weighted by atomic mass is 9.87. The number of anilines is 2. The average molecular weight is 288 g/mol. The highest BCUT2D eigenvalue weighted by Crippen LogP contribution is 2.39. The normalized spacial score (nSPS) is 21.6. The summed E-state index contributed by atoms with van der Waals surface area (Å²) in [5.41, 5.74) is 6.57. The van der Waals surface area contributed by atoms with E-state index in [4.69, 9.17) is 5.73 Å². The van der Waals surface area contributed by atoms with Gasteiger partial charge in [0.05, 0.1) is 5.69 Å². The minimum absolute atomic E-state index is 0.119. The minimum Gasteiger partial charge on any atom is -0.396 e. The van der Waals surface area contributed by atoms with Gasteiger partial charge in [0.1, 0.15) is 0 Å². The predicted octanol–water partition coefficient (Wildman–Crippen LogP) is 1.89. The van der Waals surface area contributed by atoms with Gasteiger partial charge in [0.2, 0.25) is 5.91 Å². The largest absolute Gasteiger partial charge is 0.396 e. The number of aromatic nitrogens is 1. The van der Waals surface area contributed by atoms with Crippen molar-refractivity contribution in [3.63, 3.8) is 0 Å². The molecule has 2 N–H and O–H groups in total. The molecule has 0 unspecified atom stereocenters. The van der Waals surface area contributed by atoms with E-state index in [-0.39, 0.29) is 5.41 Å². The Morgan fingerprint density at radius 3 is 2.52 bits per heavy atom. The molecule has 1 aliphatic carbocycles. The molecule has 114 valence electrons. The Balaban J connectivity index is 1.63. The predicted molar refractivity (Wildman–Crippen MR) is 84.0 cm³/mol. The first-order chi connectivity index (χ1) is 10.1. The first-order valence-corrected chi connectivity index (χ1v) is 7.85. The number of rotatable bonds is 2. The number of carbonyl (C=O) groups is 1. The summed E-state index contributed by atoms with van der Waals surface area (Å²) in [7, 11) is 0. The maximum atomic E-state index is 12.7. The Bertz CT molecular complexity index is 517. The van der Waals surface area contributed by atoms with E-state index in [0.717, 1.165) is 44.8 Å². The van der Waals surface area contributed by atoms with Crippen molar-refractivity contribution in [3.8, 4) is 0 Å². The Morgan fingerprint density at radius 2 is 1.90 bits per heavy atom. The molecular formula is C16H24N4O. The summed E-state index contributed by atoms with van der Waals surface area (Å²) in [6.07, 6.45) is 6.22. The zero-order chi connectivity index (χ0) is 14.9. The van der Waals surface area contributed by atoms with Crippen LogP contribution in [0.3, 0.4) is 0 Å². The molecule has 5 nitrogen and oxygen atoms in total. The minimum atomic E-state index is -0.119. The van der Waals surface area contributed by atoms with Gasteiger partial charge >= 0.3 is 0 Å². The molecule has 1 aromatic heterocycles. The molecule has 2 aliphatic rings. The molecule has 0 bridgehead atoms. The van der Waals surface area contributed by atoms with Crippen molar-refractivity contribution in [3.05, 3.63) is 18.3 Å². The van der Waals surface area contributed by atoms with Crippen LogP contribution in [0, 0.1) is 5.41 Å². The first kappa shape index (κ1) is 14.2. The standard InChI is InChI=1S/C16H24N4O/c1-16(6-2-3-7-16)15(21)20-11-9-19(10-12-20)14-13(17)5-4-8-18-14/h4-5,8H,2-3,6-7,9-12,17H2,1H3. The number of amides is 1. The Labute approximate surface area is 126 Å². The molecule has 0 spiro atoms. The molecule has 0 aromatic carbocycles. The van der Waals surface area contributed by atoms with Crippen molar-refractivity contribution in [2.24, 2.45) is 5.41 Å². The highest BCUT2D eigenvalue weighted by molar-refractivity contribution is 5.83. The molecule has 1 saturated carbocycles. The van der Waals surface area contributed by atoms with E-state index in [9.17, 15) is 4.79 Å². The van der Waals surface area contributed by atoms with Crippen LogP contribution in [0.2, 0.25) is 0 Å². The highest BCUT2D eigenvalue weighted by atomic mass is 16.2. The van der Waals surface area contributed by atoms with Gasteiger partial charge in [-0.1, -0.05) is 19.8 Å². The van der Waals surface area contributed by atoms with Crippen molar-refractivity contribution >= 4 is 17.4 Å². The van der Waals surface area contributed by atoms with Gasteiger partial charge in [-0.05, 0) is 25.0 Å². The number of hydrogen-bond acceptors (Lipinski definition) is 4. The number of hydrogen-bond donors (Lipinski definition) is 1. The maximum Gasteiger partial charge on any atom is 0.228 e. The molecule has 1 aromatic rings. The van der Waals surface area contributed by atoms with Crippen LogP contribution in [0.25, 0.3) is 0 Å². The Hall–Kier alpha value is -1.78. The van der Waals surface area contributed by atoms with Crippen LogP contribution in [0.15, 0.2) is 18.3 Å². The van der Waals surface area contributed by atoms with Gasteiger partial charge in [0.15, 0.2) is 5.82 Å². The monoisotopic (exact) mass is 288 g/mol. The van der Waals surface area contributed by atoms with E-state index in [0.29, 0.717) is 11.6 Å². The topological polar surface area (TPSA) is 62.5 Å². The summed E-state index contributed by atoms with van der Waals surface area (Å²) in [4.78, 5) is 21.3. The zero-order valence-electron chi connectivity index (χ0n) is 12.7. The second kappa shape index (κ2) is 5.54. The second-order valence-electron chi connectivity index (χ2n) is 6.46. The lowest BCUT2D eigenvalue weighted by Gasteiger charge is -2.39. The molecular weight excluding hydrogens is 264 g/mol. The van der Waals surface area contributed by atoms with Crippen LogP contribution < -0.4 is 10.6 Å². The molecule has 2 heterocycles. The number of carbonyl (C=O) groups excluding carboxylic acids is 1. The summed E-state index contributed by atoms with van der Waals surface area (Å²) >= 11 is 0. The number of pyridine rings is 1. The molecule has 0 atom stereocenters. The second-order valence-corrected chi connectivity index (χ2v) is 6.46. The van der Waals surface area contributed by atoms with Crippen molar-refractivity contribution in [1.29, 1.82) is 0 Å². The van der Waals surface area contributed by atoms with Gasteiger partial charge in [0.25, 0.3) is 0 Å². The molecule has 1 aliphatic heterocycles. The van der Waals surface area contributed by atoms with Crippen molar-refractivity contribution in [1.82, 2.24) is 9.88 Å². The molecule has 1 amide bonds. The van der Waals surface area contributed by atoms with Crippen LogP contribution in [-0.2, 0) is 4.79 Å². The van der Waals surface area contributed by atoms with E-state index >= 15 is 0 Å². The summed E-state index contributed by atoms with van der Waals surface area (Å²) in [6, 6.07) is 3.72. The SMILES string of the molecule is CC1(C(=O)N2CCN(c3ncccc3N)CC2)CCCC1. The van der Waals surface area contributed by atoms with Crippen LogP contribution in [-0.4, -0.2) is 42.0 Å². The van der Waals surface area contributed by atoms with Crippen molar-refractivity contribution in [2.75, 3.05) is 36.8 Å². The fraction of sp³-hybridized carbons (Fsp3) is 0.625. The smallest absolute Gasteiger partial charge is 0.228 e. The fourth-order valence-corrected chi connectivity index (χ4v) is 3.55. The number of nitrogen functional groups attached to an aromatic ring is 1.